The number of aryl methyl sites for hydroxylation is 1. The standard InChI is InChI=1S/C15H19N3O2S/c1-10(14-9-21-11(2)18-14)17-15(20)16-7-6-12-4-3-5-13(19)8-12/h3-5,8-10,19H,6-7H2,1-2H3,(H2,16,17,20)/t10-/m0/s1. The zero-order chi connectivity index (χ0) is 15.2. The third-order valence-corrected chi connectivity index (χ3v) is 3.83. The lowest BCUT2D eigenvalue weighted by Gasteiger charge is -2.12. The molecule has 2 aromatic rings. The van der Waals surface area contributed by atoms with Gasteiger partial charge in [-0.2, -0.15) is 0 Å². The first kappa shape index (κ1) is 15.3. The van der Waals surface area contributed by atoms with E-state index in [1.807, 2.05) is 25.3 Å². The summed E-state index contributed by atoms with van der Waals surface area (Å²) in [5, 5.41) is 18.0. The summed E-state index contributed by atoms with van der Waals surface area (Å²) in [7, 11) is 0. The third-order valence-electron chi connectivity index (χ3n) is 3.04. The van der Waals surface area contributed by atoms with Crippen molar-refractivity contribution in [2.24, 2.45) is 0 Å². The van der Waals surface area contributed by atoms with Crippen LogP contribution >= 0.6 is 11.3 Å². The van der Waals surface area contributed by atoms with Gasteiger partial charge in [-0.25, -0.2) is 9.78 Å². The Kier molecular flexibility index (Phi) is 5.16. The van der Waals surface area contributed by atoms with E-state index >= 15 is 0 Å². The van der Waals surface area contributed by atoms with Gasteiger partial charge in [0.2, 0.25) is 0 Å². The molecule has 112 valence electrons. The number of nitrogens with one attached hydrogen (secondary N) is 2. The molecule has 0 aliphatic carbocycles. The number of phenols is 1. The molecule has 0 fully saturated rings. The number of aromatic nitrogens is 1. The number of aromatic hydroxyl groups is 1. The van der Waals surface area contributed by atoms with Gasteiger partial charge in [-0.05, 0) is 38.0 Å². The molecule has 6 heteroatoms. The van der Waals surface area contributed by atoms with Crippen molar-refractivity contribution >= 4 is 17.4 Å². The molecule has 3 N–H and O–H groups in total. The quantitative estimate of drug-likeness (QED) is 0.795. The fraction of sp³-hybridized carbons (Fsp3) is 0.333. The Balaban J connectivity index is 1.75. The summed E-state index contributed by atoms with van der Waals surface area (Å²) >= 11 is 1.57. The van der Waals surface area contributed by atoms with Crippen LogP contribution in [0.5, 0.6) is 5.75 Å². The van der Waals surface area contributed by atoms with Crippen LogP contribution < -0.4 is 10.6 Å². The number of urea groups is 1. The topological polar surface area (TPSA) is 74.2 Å². The van der Waals surface area contributed by atoms with E-state index in [-0.39, 0.29) is 17.8 Å². The predicted molar refractivity (Wildman–Crippen MR) is 83.6 cm³/mol. The molecule has 1 aromatic carbocycles. The number of amides is 2. The molecule has 2 rings (SSSR count). The summed E-state index contributed by atoms with van der Waals surface area (Å²) in [6.45, 7) is 4.36. The molecule has 1 heterocycles. The van der Waals surface area contributed by atoms with E-state index in [0.29, 0.717) is 13.0 Å². The Morgan fingerprint density at radius 1 is 1.48 bits per heavy atom. The van der Waals surface area contributed by atoms with E-state index in [1.54, 1.807) is 29.5 Å². The van der Waals surface area contributed by atoms with E-state index in [0.717, 1.165) is 16.3 Å². The van der Waals surface area contributed by atoms with E-state index < -0.39 is 0 Å². The summed E-state index contributed by atoms with van der Waals surface area (Å²) in [4.78, 5) is 16.1. The molecule has 1 aromatic heterocycles. The van der Waals surface area contributed by atoms with E-state index in [4.69, 9.17) is 0 Å². The van der Waals surface area contributed by atoms with Gasteiger partial charge in [0, 0.05) is 11.9 Å². The van der Waals surface area contributed by atoms with Crippen molar-refractivity contribution in [1.82, 2.24) is 15.6 Å². The number of phenolic OH excluding ortho intramolecular Hbond substituents is 1. The molecule has 0 saturated heterocycles. The van der Waals surface area contributed by atoms with Gasteiger partial charge in [-0.15, -0.1) is 11.3 Å². The summed E-state index contributed by atoms with van der Waals surface area (Å²) in [6.07, 6.45) is 0.673. The van der Waals surface area contributed by atoms with Crippen LogP contribution in [-0.4, -0.2) is 22.7 Å². The van der Waals surface area contributed by atoms with Gasteiger partial charge in [0.25, 0.3) is 0 Å². The molecule has 0 aliphatic heterocycles. The lowest BCUT2D eigenvalue weighted by atomic mass is 10.1. The Bertz CT molecular complexity index is 612. The van der Waals surface area contributed by atoms with Gasteiger partial charge in [-0.1, -0.05) is 12.1 Å². The highest BCUT2D eigenvalue weighted by molar-refractivity contribution is 7.09. The minimum absolute atomic E-state index is 0.115. The molecule has 5 nitrogen and oxygen atoms in total. The van der Waals surface area contributed by atoms with Crippen LogP contribution in [0.4, 0.5) is 4.79 Å². The Hall–Kier alpha value is -2.08. The number of thiazole rings is 1. The number of carbonyl (C=O) groups excluding carboxylic acids is 1. The first-order valence-corrected chi connectivity index (χ1v) is 7.67. The van der Waals surface area contributed by atoms with Crippen LogP contribution in [0.3, 0.4) is 0 Å². The molecule has 0 radical (unpaired) electrons. The van der Waals surface area contributed by atoms with Gasteiger partial charge in [0.1, 0.15) is 5.75 Å². The van der Waals surface area contributed by atoms with Crippen molar-refractivity contribution in [2.75, 3.05) is 6.54 Å². The van der Waals surface area contributed by atoms with Gasteiger partial charge in [0.15, 0.2) is 0 Å². The van der Waals surface area contributed by atoms with Crippen LogP contribution in [0.15, 0.2) is 29.6 Å². The molecular formula is C15H19N3O2S. The molecule has 0 unspecified atom stereocenters. The summed E-state index contributed by atoms with van der Waals surface area (Å²) in [5.74, 6) is 0.240. The Labute approximate surface area is 128 Å². The monoisotopic (exact) mass is 305 g/mol. The average Bonchev–Trinajstić information content (AvgIpc) is 2.85. The van der Waals surface area contributed by atoms with E-state index in [9.17, 15) is 9.90 Å². The molecule has 0 saturated carbocycles. The third kappa shape index (κ3) is 4.75. The highest BCUT2D eigenvalue weighted by Crippen LogP contribution is 2.15. The number of carbonyl (C=O) groups is 1. The highest BCUT2D eigenvalue weighted by atomic mass is 32.1. The van der Waals surface area contributed by atoms with Gasteiger partial charge >= 0.3 is 6.03 Å². The zero-order valence-corrected chi connectivity index (χ0v) is 12.9. The van der Waals surface area contributed by atoms with Crippen molar-refractivity contribution in [3.05, 3.63) is 45.9 Å². The van der Waals surface area contributed by atoms with Crippen LogP contribution in [0.1, 0.15) is 29.2 Å². The van der Waals surface area contributed by atoms with Crippen molar-refractivity contribution in [3.63, 3.8) is 0 Å². The lowest BCUT2D eigenvalue weighted by Crippen LogP contribution is -2.38. The fourth-order valence-corrected chi connectivity index (χ4v) is 2.64. The van der Waals surface area contributed by atoms with Crippen molar-refractivity contribution < 1.29 is 9.90 Å². The number of nitrogens with zero attached hydrogens (tertiary/aromatic N) is 1. The molecule has 0 spiro atoms. The minimum Gasteiger partial charge on any atom is -0.508 e. The average molecular weight is 305 g/mol. The molecule has 0 aliphatic rings. The number of benzene rings is 1. The SMILES string of the molecule is Cc1nc([C@H](C)NC(=O)NCCc2cccc(O)c2)cs1. The lowest BCUT2D eigenvalue weighted by molar-refractivity contribution is 0.238. The first-order valence-electron chi connectivity index (χ1n) is 6.79. The highest BCUT2D eigenvalue weighted by Gasteiger charge is 2.11. The predicted octanol–water partition coefficient (Wildman–Crippen LogP) is 2.76. The van der Waals surface area contributed by atoms with Gasteiger partial charge in [0.05, 0.1) is 16.7 Å². The van der Waals surface area contributed by atoms with E-state index in [1.165, 1.54) is 0 Å². The van der Waals surface area contributed by atoms with Crippen LogP contribution in [0, 0.1) is 6.92 Å². The smallest absolute Gasteiger partial charge is 0.315 e. The minimum atomic E-state index is -0.215. The summed E-state index contributed by atoms with van der Waals surface area (Å²) < 4.78 is 0. The van der Waals surface area contributed by atoms with Gasteiger partial charge < -0.3 is 15.7 Å². The fourth-order valence-electron chi connectivity index (χ4n) is 1.93. The van der Waals surface area contributed by atoms with Crippen molar-refractivity contribution in [1.29, 1.82) is 0 Å². The van der Waals surface area contributed by atoms with Crippen LogP contribution in [-0.2, 0) is 6.42 Å². The maximum atomic E-state index is 11.8. The Morgan fingerprint density at radius 3 is 2.95 bits per heavy atom. The maximum Gasteiger partial charge on any atom is 0.315 e. The van der Waals surface area contributed by atoms with Crippen molar-refractivity contribution in [3.8, 4) is 5.75 Å². The van der Waals surface area contributed by atoms with Crippen LogP contribution in [0.2, 0.25) is 0 Å². The van der Waals surface area contributed by atoms with Gasteiger partial charge in [-0.3, -0.25) is 0 Å². The molecule has 21 heavy (non-hydrogen) atoms. The van der Waals surface area contributed by atoms with Crippen LogP contribution in [0.25, 0.3) is 0 Å². The second-order valence-electron chi connectivity index (χ2n) is 4.83. The number of hydrogen-bond acceptors (Lipinski definition) is 4. The molecule has 0 bridgehead atoms. The molecule has 2 amide bonds. The maximum absolute atomic E-state index is 11.8. The Morgan fingerprint density at radius 2 is 2.29 bits per heavy atom. The first-order chi connectivity index (χ1) is 10.0. The summed E-state index contributed by atoms with van der Waals surface area (Å²) in [5.41, 5.74) is 1.86. The number of hydrogen-bond donors (Lipinski definition) is 3. The summed E-state index contributed by atoms with van der Waals surface area (Å²) in [6, 6.07) is 6.70. The second kappa shape index (κ2) is 7.08. The van der Waals surface area contributed by atoms with Crippen molar-refractivity contribution in [2.45, 2.75) is 26.3 Å². The molecular weight excluding hydrogens is 286 g/mol. The number of rotatable bonds is 5. The molecule has 1 atom stereocenters. The largest absolute Gasteiger partial charge is 0.508 e. The van der Waals surface area contributed by atoms with E-state index in [2.05, 4.69) is 15.6 Å². The zero-order valence-electron chi connectivity index (χ0n) is 12.1. The normalized spacial score (nSPS) is 11.9. The second-order valence-corrected chi connectivity index (χ2v) is 5.90.